The minimum atomic E-state index is -0.0651. The van der Waals surface area contributed by atoms with E-state index in [9.17, 15) is 4.79 Å². The third-order valence-corrected chi connectivity index (χ3v) is 1.33. The predicted octanol–water partition coefficient (Wildman–Crippen LogP) is 0.667. The van der Waals surface area contributed by atoms with Crippen LogP contribution in [0.25, 0.3) is 0 Å². The topological polar surface area (TPSA) is 29.5 Å². The maximum Gasteiger partial charge on any atom is 0.245 e. The van der Waals surface area contributed by atoms with Gasteiger partial charge < -0.3 is 9.64 Å². The van der Waals surface area contributed by atoms with Gasteiger partial charge in [0.2, 0.25) is 5.91 Å². The first-order chi connectivity index (χ1) is 5.22. The number of hydrogen-bond donors (Lipinski definition) is 0. The van der Waals surface area contributed by atoms with Crippen LogP contribution in [0.2, 0.25) is 0 Å². The van der Waals surface area contributed by atoms with Gasteiger partial charge in [-0.3, -0.25) is 4.79 Å². The molecule has 0 saturated carbocycles. The van der Waals surface area contributed by atoms with Gasteiger partial charge in [0.25, 0.3) is 0 Å². The van der Waals surface area contributed by atoms with Crippen molar-refractivity contribution in [3.63, 3.8) is 0 Å². The van der Waals surface area contributed by atoms with Gasteiger partial charge in [-0.1, -0.05) is 6.58 Å². The summed E-state index contributed by atoms with van der Waals surface area (Å²) in [6.45, 7) is 7.21. The van der Waals surface area contributed by atoms with Crippen molar-refractivity contribution in [1.29, 1.82) is 0 Å². The maximum absolute atomic E-state index is 10.9. The molecule has 0 heterocycles. The Bertz CT molecular complexity index is 134. The number of nitrogens with zero attached hydrogens (tertiary/aromatic N) is 1. The molecule has 0 N–H and O–H groups in total. The van der Waals surface area contributed by atoms with E-state index in [-0.39, 0.29) is 5.91 Å². The Hall–Kier alpha value is -0.830. The van der Waals surface area contributed by atoms with E-state index >= 15 is 0 Å². The van der Waals surface area contributed by atoms with Gasteiger partial charge in [0.05, 0.1) is 6.61 Å². The molecular formula is C8H15NO2. The summed E-state index contributed by atoms with van der Waals surface area (Å²) in [7, 11) is 1.73. The van der Waals surface area contributed by atoms with Gasteiger partial charge in [-0.15, -0.1) is 0 Å². The van der Waals surface area contributed by atoms with Gasteiger partial charge >= 0.3 is 0 Å². The molecule has 0 aromatic rings. The Kier molecular flexibility index (Phi) is 5.47. The highest BCUT2D eigenvalue weighted by molar-refractivity contribution is 5.86. The third-order valence-electron chi connectivity index (χ3n) is 1.33. The normalized spacial score (nSPS) is 9.27. The Morgan fingerprint density at radius 2 is 2.36 bits per heavy atom. The largest absolute Gasteiger partial charge is 0.380 e. The lowest BCUT2D eigenvalue weighted by Gasteiger charge is -2.13. The van der Waals surface area contributed by atoms with Crippen LogP contribution < -0.4 is 0 Å². The molecule has 0 fully saturated rings. The van der Waals surface area contributed by atoms with Crippen molar-refractivity contribution >= 4 is 5.91 Å². The molecule has 3 nitrogen and oxygen atoms in total. The monoisotopic (exact) mass is 157 g/mol. The zero-order valence-corrected chi connectivity index (χ0v) is 7.17. The van der Waals surface area contributed by atoms with Crippen molar-refractivity contribution < 1.29 is 9.53 Å². The first-order valence-electron chi connectivity index (χ1n) is 3.67. The minimum Gasteiger partial charge on any atom is -0.380 e. The molecule has 0 unspecified atom stereocenters. The van der Waals surface area contributed by atoms with Crippen molar-refractivity contribution in [2.24, 2.45) is 0 Å². The van der Waals surface area contributed by atoms with Crippen molar-refractivity contribution in [3.05, 3.63) is 12.7 Å². The molecular weight excluding hydrogens is 142 g/mol. The smallest absolute Gasteiger partial charge is 0.245 e. The second-order valence-corrected chi connectivity index (χ2v) is 2.16. The van der Waals surface area contributed by atoms with Crippen molar-refractivity contribution in [1.82, 2.24) is 4.90 Å². The van der Waals surface area contributed by atoms with E-state index in [1.807, 2.05) is 6.92 Å². The number of carbonyl (C=O) groups is 1. The molecule has 0 aromatic carbocycles. The molecule has 0 rings (SSSR count). The van der Waals surface area contributed by atoms with E-state index in [0.717, 1.165) is 0 Å². The van der Waals surface area contributed by atoms with Crippen LogP contribution in [0.15, 0.2) is 12.7 Å². The van der Waals surface area contributed by atoms with Crippen molar-refractivity contribution in [3.8, 4) is 0 Å². The molecule has 64 valence electrons. The molecule has 0 aliphatic rings. The van der Waals surface area contributed by atoms with Gasteiger partial charge in [0.1, 0.15) is 0 Å². The number of amides is 1. The molecule has 0 bridgehead atoms. The molecule has 0 saturated heterocycles. The van der Waals surface area contributed by atoms with Crippen LogP contribution in [0, 0.1) is 0 Å². The molecule has 1 amide bonds. The van der Waals surface area contributed by atoms with E-state index in [1.165, 1.54) is 6.08 Å². The SMILES string of the molecule is C=CC(=O)N(C)CCOCC. The summed E-state index contributed by atoms with van der Waals surface area (Å²) in [5.41, 5.74) is 0. The molecule has 11 heavy (non-hydrogen) atoms. The Morgan fingerprint density at radius 1 is 1.73 bits per heavy atom. The van der Waals surface area contributed by atoms with Crippen LogP contribution in [0.5, 0.6) is 0 Å². The van der Waals surface area contributed by atoms with E-state index < -0.39 is 0 Å². The molecule has 0 spiro atoms. The predicted molar refractivity (Wildman–Crippen MR) is 44.3 cm³/mol. The Morgan fingerprint density at radius 3 is 2.82 bits per heavy atom. The van der Waals surface area contributed by atoms with Crippen LogP contribution in [-0.4, -0.2) is 37.6 Å². The summed E-state index contributed by atoms with van der Waals surface area (Å²) in [5, 5.41) is 0. The van der Waals surface area contributed by atoms with Gasteiger partial charge in [-0.2, -0.15) is 0 Å². The summed E-state index contributed by atoms with van der Waals surface area (Å²) in [5.74, 6) is -0.0651. The summed E-state index contributed by atoms with van der Waals surface area (Å²) >= 11 is 0. The van der Waals surface area contributed by atoms with Gasteiger partial charge in [0, 0.05) is 20.2 Å². The zero-order valence-electron chi connectivity index (χ0n) is 7.17. The number of carbonyl (C=O) groups excluding carboxylic acids is 1. The van der Waals surface area contributed by atoms with Crippen LogP contribution in [0.1, 0.15) is 6.92 Å². The Balaban J connectivity index is 3.43. The van der Waals surface area contributed by atoms with E-state index in [4.69, 9.17) is 4.74 Å². The fourth-order valence-corrected chi connectivity index (χ4v) is 0.612. The fraction of sp³-hybridized carbons (Fsp3) is 0.625. The molecule has 0 radical (unpaired) electrons. The second-order valence-electron chi connectivity index (χ2n) is 2.16. The van der Waals surface area contributed by atoms with Crippen molar-refractivity contribution in [2.75, 3.05) is 26.8 Å². The van der Waals surface area contributed by atoms with Gasteiger partial charge in [-0.05, 0) is 13.0 Å². The van der Waals surface area contributed by atoms with E-state index in [2.05, 4.69) is 6.58 Å². The highest BCUT2D eigenvalue weighted by Gasteiger charge is 2.01. The number of likely N-dealkylation sites (N-methyl/N-ethyl adjacent to an activating group) is 1. The van der Waals surface area contributed by atoms with Crippen LogP contribution in [0.4, 0.5) is 0 Å². The molecule has 0 aliphatic carbocycles. The average molecular weight is 157 g/mol. The highest BCUT2D eigenvalue weighted by atomic mass is 16.5. The average Bonchev–Trinajstić information content (AvgIpc) is 2.03. The molecule has 0 aromatic heterocycles. The highest BCUT2D eigenvalue weighted by Crippen LogP contribution is 1.85. The van der Waals surface area contributed by atoms with Crippen LogP contribution >= 0.6 is 0 Å². The Labute approximate surface area is 67.6 Å². The van der Waals surface area contributed by atoms with Crippen LogP contribution in [0.3, 0.4) is 0 Å². The van der Waals surface area contributed by atoms with Crippen LogP contribution in [-0.2, 0) is 9.53 Å². The van der Waals surface area contributed by atoms with Gasteiger partial charge in [-0.25, -0.2) is 0 Å². The molecule has 0 atom stereocenters. The third kappa shape index (κ3) is 4.56. The summed E-state index contributed by atoms with van der Waals surface area (Å²) in [6.07, 6.45) is 1.30. The van der Waals surface area contributed by atoms with E-state index in [0.29, 0.717) is 19.8 Å². The van der Waals surface area contributed by atoms with E-state index in [1.54, 1.807) is 11.9 Å². The summed E-state index contributed by atoms with van der Waals surface area (Å²) < 4.78 is 5.07. The summed E-state index contributed by atoms with van der Waals surface area (Å²) in [6, 6.07) is 0. The lowest BCUT2D eigenvalue weighted by Crippen LogP contribution is -2.28. The summed E-state index contributed by atoms with van der Waals surface area (Å²) in [4.78, 5) is 12.4. The molecule has 3 heteroatoms. The molecule has 0 aliphatic heterocycles. The lowest BCUT2D eigenvalue weighted by atomic mass is 10.5. The number of hydrogen-bond acceptors (Lipinski definition) is 2. The number of rotatable bonds is 5. The maximum atomic E-state index is 10.9. The lowest BCUT2D eigenvalue weighted by molar-refractivity contribution is -0.125. The second kappa shape index (κ2) is 5.92. The first-order valence-corrected chi connectivity index (χ1v) is 3.67. The quantitative estimate of drug-likeness (QED) is 0.433. The standard InChI is InChI=1S/C8H15NO2/c1-4-8(10)9(3)6-7-11-5-2/h4H,1,5-7H2,2-3H3. The number of ether oxygens (including phenoxy) is 1. The van der Waals surface area contributed by atoms with Crippen molar-refractivity contribution in [2.45, 2.75) is 6.92 Å². The van der Waals surface area contributed by atoms with Gasteiger partial charge in [0.15, 0.2) is 0 Å². The fourth-order valence-electron chi connectivity index (χ4n) is 0.612. The zero-order chi connectivity index (χ0) is 8.69. The first kappa shape index (κ1) is 10.2. The minimum absolute atomic E-state index is 0.0651.